The maximum atomic E-state index is 2.79. The van der Waals surface area contributed by atoms with Crippen LogP contribution in [0.25, 0.3) is 0 Å². The molecule has 0 nitrogen and oxygen atoms in total. The Morgan fingerprint density at radius 2 is 0.446 bits per heavy atom. The molecule has 0 saturated carbocycles. The Bertz CT molecular complexity index is 640. The van der Waals surface area contributed by atoms with Crippen molar-refractivity contribution in [3.05, 3.63) is 0 Å². The molecule has 1 atom stereocenters. The highest BCUT2D eigenvalue weighted by molar-refractivity contribution is 7.94. The first-order valence-corrected chi connectivity index (χ1v) is 33.4. The van der Waals surface area contributed by atoms with Crippen LogP contribution < -0.4 is 0 Å². The Hall–Kier alpha value is 1.72. The van der Waals surface area contributed by atoms with Gasteiger partial charge < -0.3 is 0 Å². The SMILES string of the molecule is CCCCCCP(CCCCCC)C(CC)C(P(CCCCCC)CCCCCC)(P(CCCCCC)CCCCCC)P(CCCCCC)CCCCCC. The van der Waals surface area contributed by atoms with Crippen molar-refractivity contribution in [3.8, 4) is 0 Å². The predicted octanol–water partition coefficient (Wildman–Crippen LogP) is 21.0. The van der Waals surface area contributed by atoms with Gasteiger partial charge in [-0.15, -0.1) is 7.92 Å². The third kappa shape index (κ3) is 26.3. The summed E-state index contributed by atoms with van der Waals surface area (Å²) in [5, 5.41) is 0. The van der Waals surface area contributed by atoms with E-state index in [0.717, 1.165) is 10.3 Å². The summed E-state index contributed by atoms with van der Waals surface area (Å²) in [6, 6.07) is 0. The Kier molecular flexibility index (Phi) is 44.7. The van der Waals surface area contributed by atoms with Crippen LogP contribution in [0.2, 0.25) is 0 Å². The van der Waals surface area contributed by atoms with E-state index in [1.807, 2.05) is 0 Å². The monoisotopic (exact) mass is 859 g/mol. The minimum absolute atomic E-state index is 0.0347. The summed E-state index contributed by atoms with van der Waals surface area (Å²) >= 11 is 0. The average molecular weight is 859 g/mol. The van der Waals surface area contributed by atoms with Crippen molar-refractivity contribution in [2.75, 3.05) is 49.3 Å². The molecule has 0 rings (SSSR count). The second-order valence-corrected chi connectivity index (χ2v) is 29.9. The van der Waals surface area contributed by atoms with E-state index in [4.69, 9.17) is 0 Å². The first-order chi connectivity index (χ1) is 27.5. The van der Waals surface area contributed by atoms with Crippen LogP contribution in [-0.2, 0) is 0 Å². The van der Waals surface area contributed by atoms with Gasteiger partial charge in [0.15, 0.2) is 0 Å². The Morgan fingerprint density at radius 3 is 0.625 bits per heavy atom. The molecule has 0 aromatic heterocycles. The molecule has 338 valence electrons. The normalized spacial score (nSPS) is 13.0. The number of rotatable bonds is 46. The summed E-state index contributed by atoms with van der Waals surface area (Å²) in [5.74, 6) is 0. The fourth-order valence-corrected chi connectivity index (χ4v) is 32.2. The highest BCUT2D eigenvalue weighted by Crippen LogP contribution is 2.85. The van der Waals surface area contributed by atoms with Crippen LogP contribution in [0, 0.1) is 0 Å². The molecular formula is C52H110P4. The highest BCUT2D eigenvalue weighted by Gasteiger charge is 2.54. The van der Waals surface area contributed by atoms with Crippen molar-refractivity contribution in [1.82, 2.24) is 0 Å². The van der Waals surface area contributed by atoms with Gasteiger partial charge in [-0.3, -0.25) is 0 Å². The minimum Gasteiger partial charge on any atom is -0.102 e. The third-order valence-corrected chi connectivity index (χ3v) is 30.9. The summed E-state index contributed by atoms with van der Waals surface area (Å²) in [5.41, 5.74) is 1.07. The van der Waals surface area contributed by atoms with E-state index in [-0.39, 0.29) is 31.7 Å². The van der Waals surface area contributed by atoms with Gasteiger partial charge in [0.2, 0.25) is 0 Å². The van der Waals surface area contributed by atoms with Gasteiger partial charge in [0, 0.05) is 4.64 Å². The molecule has 0 spiro atoms. The quantitative estimate of drug-likeness (QED) is 0.0423. The van der Waals surface area contributed by atoms with Gasteiger partial charge in [0.1, 0.15) is 0 Å². The zero-order valence-corrected chi connectivity index (χ0v) is 44.4. The van der Waals surface area contributed by atoms with Crippen molar-refractivity contribution in [2.24, 2.45) is 0 Å². The molecule has 0 aliphatic rings. The lowest BCUT2D eigenvalue weighted by Crippen LogP contribution is -2.41. The zero-order valence-electron chi connectivity index (χ0n) is 40.9. The molecular weight excluding hydrogens is 748 g/mol. The van der Waals surface area contributed by atoms with Crippen LogP contribution in [0.5, 0.6) is 0 Å². The van der Waals surface area contributed by atoms with E-state index in [1.165, 1.54) is 161 Å². The number of hydrogen-bond acceptors (Lipinski definition) is 0. The van der Waals surface area contributed by atoms with Gasteiger partial charge in [-0.2, -0.15) is 0 Å². The molecule has 0 fully saturated rings. The van der Waals surface area contributed by atoms with E-state index in [1.54, 1.807) is 101 Å². The van der Waals surface area contributed by atoms with E-state index in [0.29, 0.717) is 0 Å². The van der Waals surface area contributed by atoms with Crippen LogP contribution in [0.15, 0.2) is 0 Å². The predicted molar refractivity (Wildman–Crippen MR) is 277 cm³/mol. The Labute approximate surface area is 363 Å². The molecule has 0 aliphatic carbocycles. The lowest BCUT2D eigenvalue weighted by molar-refractivity contribution is 0.675. The zero-order chi connectivity index (χ0) is 41.4. The number of unbranched alkanes of at least 4 members (excludes halogenated alkanes) is 24. The van der Waals surface area contributed by atoms with Gasteiger partial charge in [-0.1, -0.05) is 240 Å². The molecule has 0 N–H and O–H groups in total. The van der Waals surface area contributed by atoms with Gasteiger partial charge in [0.05, 0.1) is 0 Å². The maximum Gasteiger partial charge on any atom is 0.0367 e. The molecule has 0 aromatic carbocycles. The lowest BCUT2D eigenvalue weighted by Gasteiger charge is -2.59. The fraction of sp³-hybridized carbons (Fsp3) is 1.00. The van der Waals surface area contributed by atoms with E-state index < -0.39 is 0 Å². The van der Waals surface area contributed by atoms with Crippen LogP contribution in [0.4, 0.5) is 0 Å². The van der Waals surface area contributed by atoms with Crippen molar-refractivity contribution < 1.29 is 0 Å². The second kappa shape index (κ2) is 43.4. The molecule has 0 bridgehead atoms. The van der Waals surface area contributed by atoms with Crippen molar-refractivity contribution in [3.63, 3.8) is 0 Å². The van der Waals surface area contributed by atoms with E-state index in [9.17, 15) is 0 Å². The number of hydrogen-bond donors (Lipinski definition) is 0. The summed E-state index contributed by atoms with van der Waals surface area (Å²) in [4.78, 5) is 0. The smallest absolute Gasteiger partial charge is 0.0367 e. The molecule has 0 radical (unpaired) electrons. The first kappa shape index (κ1) is 57.7. The van der Waals surface area contributed by atoms with Gasteiger partial charge in [-0.25, -0.2) is 0 Å². The molecule has 0 saturated heterocycles. The van der Waals surface area contributed by atoms with Gasteiger partial charge >= 0.3 is 0 Å². The summed E-state index contributed by atoms with van der Waals surface area (Å²) in [7, 11) is 0.180. The van der Waals surface area contributed by atoms with Gasteiger partial charge in [0.25, 0.3) is 0 Å². The molecule has 1 unspecified atom stereocenters. The van der Waals surface area contributed by atoms with Crippen molar-refractivity contribution in [1.29, 1.82) is 0 Å². The van der Waals surface area contributed by atoms with E-state index in [2.05, 4.69) is 62.3 Å². The third-order valence-electron chi connectivity index (χ3n) is 13.0. The van der Waals surface area contributed by atoms with Crippen molar-refractivity contribution >= 4 is 31.7 Å². The van der Waals surface area contributed by atoms with Crippen LogP contribution in [0.1, 0.15) is 274 Å². The highest BCUT2D eigenvalue weighted by atomic mass is 31.2. The summed E-state index contributed by atoms with van der Waals surface area (Å²) in [6.45, 7) is 22.4. The molecule has 4 heteroatoms. The molecule has 0 amide bonds. The summed E-state index contributed by atoms with van der Waals surface area (Å²) in [6.07, 6.45) is 62.0. The van der Waals surface area contributed by atoms with Crippen LogP contribution in [-0.4, -0.2) is 59.6 Å². The maximum absolute atomic E-state index is 2.79. The fourth-order valence-electron chi connectivity index (χ4n) is 9.62. The molecule has 0 aliphatic heterocycles. The van der Waals surface area contributed by atoms with Gasteiger partial charge in [-0.05, 0) is 113 Å². The topological polar surface area (TPSA) is 0 Å². The molecule has 56 heavy (non-hydrogen) atoms. The largest absolute Gasteiger partial charge is 0.102 e. The second-order valence-electron chi connectivity index (χ2n) is 18.1. The molecule has 0 heterocycles. The Balaban J connectivity index is 8.05. The van der Waals surface area contributed by atoms with Crippen LogP contribution in [0.3, 0.4) is 0 Å². The first-order valence-electron chi connectivity index (χ1n) is 26.5. The van der Waals surface area contributed by atoms with Crippen LogP contribution >= 0.6 is 31.7 Å². The Morgan fingerprint density at radius 1 is 0.250 bits per heavy atom. The van der Waals surface area contributed by atoms with Crippen molar-refractivity contribution in [2.45, 2.75) is 284 Å². The molecule has 0 aromatic rings. The lowest BCUT2D eigenvalue weighted by atomic mass is 10.2. The summed E-state index contributed by atoms with van der Waals surface area (Å²) < 4.78 is 0.741. The standard InChI is InChI=1S/C52H110P4/c1-10-19-27-35-43-53(44-36-28-20-11-2)51(18-9)52(54(45-37-29-21-12-3)46-38-30-22-13-4,55(47-39-31-23-14-5)48-40-32-24-15-6)56(49-41-33-25-16-7)50-42-34-26-17-8/h51H,10-50H2,1-9H3. The average Bonchev–Trinajstić information content (AvgIpc) is 3.21. The minimum atomic E-state index is 0.0347. The van der Waals surface area contributed by atoms with E-state index >= 15 is 0 Å².